The van der Waals surface area contributed by atoms with Crippen LogP contribution in [-0.2, 0) is 4.79 Å². The first-order valence-corrected chi connectivity index (χ1v) is 6.30. The van der Waals surface area contributed by atoms with Crippen LogP contribution < -0.4 is 10.6 Å². The lowest BCUT2D eigenvalue weighted by Crippen LogP contribution is -2.46. The molecule has 0 saturated carbocycles. The summed E-state index contributed by atoms with van der Waals surface area (Å²) in [7, 11) is 0. The number of benzene rings is 1. The zero-order chi connectivity index (χ0) is 14.8. The Hall–Kier alpha value is -2.61. The largest absolute Gasteiger partial charge is 0.341 e. The maximum absolute atomic E-state index is 12.0. The number of carbonyl (C=O) groups excluding carboxylic acids is 2. The summed E-state index contributed by atoms with van der Waals surface area (Å²) in [6.45, 7) is 3.52. The van der Waals surface area contributed by atoms with E-state index in [4.69, 9.17) is 5.26 Å². The van der Waals surface area contributed by atoms with Crippen LogP contribution in [0.25, 0.3) is 0 Å². The number of nitriles is 1. The van der Waals surface area contributed by atoms with Crippen molar-refractivity contribution in [2.45, 2.75) is 18.9 Å². The van der Waals surface area contributed by atoms with Crippen LogP contribution >= 0.6 is 0 Å². The summed E-state index contributed by atoms with van der Waals surface area (Å²) in [5.41, 5.74) is 0.490. The topological polar surface area (TPSA) is 82.0 Å². The van der Waals surface area contributed by atoms with Crippen LogP contribution in [0.2, 0.25) is 0 Å². The van der Waals surface area contributed by atoms with E-state index in [-0.39, 0.29) is 18.4 Å². The Balaban J connectivity index is 2.69. The highest BCUT2D eigenvalue weighted by atomic mass is 16.2. The molecule has 2 amide bonds. The van der Waals surface area contributed by atoms with E-state index in [1.54, 1.807) is 30.3 Å². The third-order valence-corrected chi connectivity index (χ3v) is 2.66. The monoisotopic (exact) mass is 271 g/mol. The van der Waals surface area contributed by atoms with Crippen LogP contribution in [0.4, 0.5) is 0 Å². The van der Waals surface area contributed by atoms with Gasteiger partial charge >= 0.3 is 0 Å². The molecular formula is C15H17N3O2. The van der Waals surface area contributed by atoms with Crippen LogP contribution in [0.5, 0.6) is 0 Å². The van der Waals surface area contributed by atoms with Gasteiger partial charge in [0.05, 0.1) is 6.07 Å². The number of hydrogen-bond donors (Lipinski definition) is 2. The van der Waals surface area contributed by atoms with Gasteiger partial charge in [-0.1, -0.05) is 24.3 Å². The van der Waals surface area contributed by atoms with Crippen molar-refractivity contribution in [1.82, 2.24) is 10.6 Å². The van der Waals surface area contributed by atoms with Gasteiger partial charge in [0.2, 0.25) is 5.91 Å². The molecule has 0 aromatic heterocycles. The number of nitrogens with one attached hydrogen (secondary N) is 2. The van der Waals surface area contributed by atoms with E-state index in [9.17, 15) is 9.59 Å². The quantitative estimate of drug-likeness (QED) is 0.581. The molecule has 1 atom stereocenters. The second kappa shape index (κ2) is 8.48. The Labute approximate surface area is 118 Å². The molecule has 104 valence electrons. The van der Waals surface area contributed by atoms with E-state index in [1.165, 1.54) is 0 Å². The van der Waals surface area contributed by atoms with Gasteiger partial charge in [0, 0.05) is 5.56 Å². The number of rotatable bonds is 7. The normalized spacial score (nSPS) is 10.9. The third kappa shape index (κ3) is 4.94. The van der Waals surface area contributed by atoms with Gasteiger partial charge in [-0.2, -0.15) is 5.26 Å². The van der Waals surface area contributed by atoms with Gasteiger partial charge in [0.25, 0.3) is 5.91 Å². The molecule has 5 heteroatoms. The van der Waals surface area contributed by atoms with Crippen molar-refractivity contribution in [3.05, 3.63) is 48.6 Å². The predicted octanol–water partition coefficient (Wildman–Crippen LogP) is 1.39. The molecule has 2 N–H and O–H groups in total. The fraction of sp³-hybridized carbons (Fsp3) is 0.267. The first kappa shape index (κ1) is 15.4. The standard InChI is InChI=1S/C15H17N3O2/c1-2-3-9-13(15(20)17-11-10-16)18-14(19)12-7-5-4-6-8-12/h2,4-8,13H,1,3,9,11H2,(H,17,20)(H,18,19). The SMILES string of the molecule is C=CCCC(NC(=O)c1ccccc1)C(=O)NCC#N. The van der Waals surface area contributed by atoms with E-state index in [0.29, 0.717) is 18.4 Å². The maximum atomic E-state index is 12.0. The number of hydrogen-bond acceptors (Lipinski definition) is 3. The zero-order valence-electron chi connectivity index (χ0n) is 11.1. The Morgan fingerprint density at radius 3 is 2.65 bits per heavy atom. The van der Waals surface area contributed by atoms with Crippen LogP contribution in [0.3, 0.4) is 0 Å². The van der Waals surface area contributed by atoms with Crippen LogP contribution in [0.15, 0.2) is 43.0 Å². The molecule has 0 aliphatic heterocycles. The van der Waals surface area contributed by atoms with Crippen molar-refractivity contribution in [3.8, 4) is 6.07 Å². The van der Waals surface area contributed by atoms with Crippen molar-refractivity contribution in [3.63, 3.8) is 0 Å². The van der Waals surface area contributed by atoms with Crippen molar-refractivity contribution in [1.29, 1.82) is 5.26 Å². The average Bonchev–Trinajstić information content (AvgIpc) is 2.49. The Morgan fingerprint density at radius 2 is 2.05 bits per heavy atom. The summed E-state index contributed by atoms with van der Waals surface area (Å²) in [5.74, 6) is -0.676. The highest BCUT2D eigenvalue weighted by Gasteiger charge is 2.20. The maximum Gasteiger partial charge on any atom is 0.251 e. The minimum atomic E-state index is -0.672. The molecule has 1 unspecified atom stereocenters. The molecule has 0 bridgehead atoms. The summed E-state index contributed by atoms with van der Waals surface area (Å²) >= 11 is 0. The second-order valence-electron chi connectivity index (χ2n) is 4.13. The number of allylic oxidation sites excluding steroid dienone is 1. The minimum Gasteiger partial charge on any atom is -0.341 e. The Bertz CT molecular complexity index is 506. The van der Waals surface area contributed by atoms with Crippen molar-refractivity contribution in [2.24, 2.45) is 0 Å². The van der Waals surface area contributed by atoms with E-state index < -0.39 is 6.04 Å². The highest BCUT2D eigenvalue weighted by Crippen LogP contribution is 2.03. The van der Waals surface area contributed by atoms with Crippen molar-refractivity contribution >= 4 is 11.8 Å². The molecule has 0 heterocycles. The molecule has 0 aliphatic rings. The molecule has 0 radical (unpaired) electrons. The van der Waals surface area contributed by atoms with Gasteiger partial charge in [0.1, 0.15) is 12.6 Å². The third-order valence-electron chi connectivity index (χ3n) is 2.66. The zero-order valence-corrected chi connectivity index (χ0v) is 11.1. The first-order chi connectivity index (χ1) is 9.69. The van der Waals surface area contributed by atoms with Gasteiger partial charge in [-0.05, 0) is 25.0 Å². The number of amides is 2. The van der Waals surface area contributed by atoms with Gasteiger partial charge in [-0.3, -0.25) is 9.59 Å². The number of carbonyl (C=O) groups is 2. The predicted molar refractivity (Wildman–Crippen MR) is 75.7 cm³/mol. The molecule has 1 rings (SSSR count). The molecular weight excluding hydrogens is 254 g/mol. The van der Waals surface area contributed by atoms with Crippen LogP contribution in [0, 0.1) is 11.3 Å². The van der Waals surface area contributed by atoms with Crippen molar-refractivity contribution in [2.75, 3.05) is 6.54 Å². The van der Waals surface area contributed by atoms with Gasteiger partial charge in [0.15, 0.2) is 0 Å². The van der Waals surface area contributed by atoms with Gasteiger partial charge in [-0.25, -0.2) is 0 Å². The lowest BCUT2D eigenvalue weighted by molar-refractivity contribution is -0.122. The molecule has 20 heavy (non-hydrogen) atoms. The molecule has 0 fully saturated rings. The Kier molecular flexibility index (Phi) is 6.55. The molecule has 5 nitrogen and oxygen atoms in total. The van der Waals surface area contributed by atoms with E-state index >= 15 is 0 Å². The minimum absolute atomic E-state index is 0.0787. The van der Waals surface area contributed by atoms with Gasteiger partial charge in [-0.15, -0.1) is 6.58 Å². The first-order valence-electron chi connectivity index (χ1n) is 6.30. The smallest absolute Gasteiger partial charge is 0.251 e. The lowest BCUT2D eigenvalue weighted by atomic mass is 10.1. The Morgan fingerprint density at radius 1 is 1.35 bits per heavy atom. The van der Waals surface area contributed by atoms with Gasteiger partial charge < -0.3 is 10.6 Å². The lowest BCUT2D eigenvalue weighted by Gasteiger charge is -2.17. The second-order valence-corrected chi connectivity index (χ2v) is 4.13. The van der Waals surface area contributed by atoms with Crippen LogP contribution in [-0.4, -0.2) is 24.4 Å². The molecule has 1 aromatic rings. The molecule has 0 spiro atoms. The summed E-state index contributed by atoms with van der Waals surface area (Å²) in [6, 6.07) is 9.82. The molecule has 0 saturated heterocycles. The van der Waals surface area contributed by atoms with E-state index in [0.717, 1.165) is 0 Å². The van der Waals surface area contributed by atoms with E-state index in [2.05, 4.69) is 17.2 Å². The molecule has 0 aliphatic carbocycles. The number of nitrogens with zero attached hydrogens (tertiary/aromatic N) is 1. The average molecular weight is 271 g/mol. The summed E-state index contributed by atoms with van der Waals surface area (Å²) in [4.78, 5) is 23.9. The van der Waals surface area contributed by atoms with Crippen molar-refractivity contribution < 1.29 is 9.59 Å². The summed E-state index contributed by atoms with van der Waals surface area (Å²) < 4.78 is 0. The van der Waals surface area contributed by atoms with Crippen LogP contribution in [0.1, 0.15) is 23.2 Å². The summed E-state index contributed by atoms with van der Waals surface area (Å²) in [5, 5.41) is 13.6. The molecule has 1 aromatic carbocycles. The fourth-order valence-electron chi connectivity index (χ4n) is 1.63. The summed E-state index contributed by atoms with van der Waals surface area (Å²) in [6.07, 6.45) is 2.72. The fourth-order valence-corrected chi connectivity index (χ4v) is 1.63. The highest BCUT2D eigenvalue weighted by molar-refractivity contribution is 5.97. The van der Waals surface area contributed by atoms with E-state index in [1.807, 2.05) is 12.1 Å².